The van der Waals surface area contributed by atoms with Gasteiger partial charge in [0.1, 0.15) is 5.54 Å². The molecule has 2 unspecified atom stereocenters. The van der Waals surface area contributed by atoms with E-state index in [9.17, 15) is 9.59 Å². The number of nitrogens with zero attached hydrogens (tertiary/aromatic N) is 1. The number of carbonyl (C=O) groups is 2. The molecule has 1 fully saturated rings. The van der Waals surface area contributed by atoms with Crippen LogP contribution in [0.25, 0.3) is 0 Å². The summed E-state index contributed by atoms with van der Waals surface area (Å²) in [5.74, 6) is 0.0495. The van der Waals surface area contributed by atoms with Gasteiger partial charge in [0.2, 0.25) is 11.8 Å². The molecule has 3 N–H and O–H groups in total. The molecule has 2 atom stereocenters. The van der Waals surface area contributed by atoms with E-state index in [0.717, 1.165) is 44.2 Å². The molecule has 2 amide bonds. The number of piperidine rings is 1. The van der Waals surface area contributed by atoms with Gasteiger partial charge in [0, 0.05) is 25.6 Å². The smallest absolute Gasteiger partial charge is 0.244 e. The molecular formula is C28H47N3O2. The maximum Gasteiger partial charge on any atom is 0.244 e. The number of rotatable bonds is 15. The zero-order valence-corrected chi connectivity index (χ0v) is 21.1. The number of nitrogens with two attached hydrogens (primary N) is 1. The molecule has 186 valence electrons. The standard InChI is InChI=1S/C28H47N3O2/c1-3-4-5-6-7-8-9-10-11-15-21-26(32)31-22-17-16-20-25(31)23-30-27(33)28(2,29)24-18-13-12-14-19-24/h12-14,18-19,25H,3-11,15-17,20-23,29H2,1-2H3,(H,30,33). The highest BCUT2D eigenvalue weighted by Crippen LogP contribution is 2.21. The molecule has 0 aromatic heterocycles. The molecule has 1 heterocycles. The zero-order chi connectivity index (χ0) is 23.9. The van der Waals surface area contributed by atoms with E-state index in [1.54, 1.807) is 6.92 Å². The van der Waals surface area contributed by atoms with Crippen LogP contribution < -0.4 is 11.1 Å². The summed E-state index contributed by atoms with van der Waals surface area (Å²) in [4.78, 5) is 27.7. The molecule has 0 saturated carbocycles. The zero-order valence-electron chi connectivity index (χ0n) is 21.1. The molecular weight excluding hydrogens is 410 g/mol. The first-order chi connectivity index (χ1) is 16.0. The van der Waals surface area contributed by atoms with Crippen molar-refractivity contribution >= 4 is 11.8 Å². The Labute approximate surface area is 201 Å². The highest BCUT2D eigenvalue weighted by Gasteiger charge is 2.32. The minimum absolute atomic E-state index is 0.0740. The molecule has 0 aliphatic carbocycles. The Hall–Kier alpha value is -1.88. The molecule has 1 saturated heterocycles. The van der Waals surface area contributed by atoms with Crippen molar-refractivity contribution in [2.24, 2.45) is 5.73 Å². The molecule has 0 bridgehead atoms. The summed E-state index contributed by atoms with van der Waals surface area (Å²) in [7, 11) is 0. The molecule has 1 aromatic carbocycles. The fourth-order valence-corrected chi connectivity index (χ4v) is 4.76. The van der Waals surface area contributed by atoms with Crippen LogP contribution in [0.5, 0.6) is 0 Å². The summed E-state index contributed by atoms with van der Waals surface area (Å²) >= 11 is 0. The van der Waals surface area contributed by atoms with Crippen LogP contribution in [-0.4, -0.2) is 35.8 Å². The van der Waals surface area contributed by atoms with Gasteiger partial charge < -0.3 is 16.0 Å². The Morgan fingerprint density at radius 3 is 2.21 bits per heavy atom. The Bertz CT molecular complexity index is 690. The monoisotopic (exact) mass is 457 g/mol. The van der Waals surface area contributed by atoms with Gasteiger partial charge in [0.25, 0.3) is 0 Å². The maximum atomic E-state index is 12.9. The van der Waals surface area contributed by atoms with E-state index in [2.05, 4.69) is 12.2 Å². The van der Waals surface area contributed by atoms with Crippen molar-refractivity contribution < 1.29 is 9.59 Å². The van der Waals surface area contributed by atoms with Crippen LogP contribution in [0.15, 0.2) is 30.3 Å². The second kappa shape index (κ2) is 15.1. The topological polar surface area (TPSA) is 75.4 Å². The first-order valence-electron chi connectivity index (χ1n) is 13.4. The van der Waals surface area contributed by atoms with Crippen LogP contribution in [0.2, 0.25) is 0 Å². The van der Waals surface area contributed by atoms with Gasteiger partial charge >= 0.3 is 0 Å². The predicted octanol–water partition coefficient (Wildman–Crippen LogP) is 5.67. The van der Waals surface area contributed by atoms with Crippen LogP contribution in [0.4, 0.5) is 0 Å². The van der Waals surface area contributed by atoms with Gasteiger partial charge in [-0.25, -0.2) is 0 Å². The Balaban J connectivity index is 1.69. The fourth-order valence-electron chi connectivity index (χ4n) is 4.76. The van der Waals surface area contributed by atoms with E-state index < -0.39 is 5.54 Å². The van der Waals surface area contributed by atoms with E-state index in [1.807, 2.05) is 35.2 Å². The molecule has 1 aromatic rings. The number of hydrogen-bond donors (Lipinski definition) is 2. The lowest BCUT2D eigenvalue weighted by Crippen LogP contribution is -2.54. The SMILES string of the molecule is CCCCCCCCCCCCC(=O)N1CCCCC1CNC(=O)C(C)(N)c1ccccc1. The van der Waals surface area contributed by atoms with Crippen molar-refractivity contribution in [3.05, 3.63) is 35.9 Å². The van der Waals surface area contributed by atoms with Crippen LogP contribution in [0, 0.1) is 0 Å². The minimum atomic E-state index is -1.08. The minimum Gasteiger partial charge on any atom is -0.352 e. The average Bonchev–Trinajstić information content (AvgIpc) is 2.84. The molecule has 1 aliphatic rings. The molecule has 5 heteroatoms. The second-order valence-electron chi connectivity index (χ2n) is 9.95. The lowest BCUT2D eigenvalue weighted by molar-refractivity contribution is -0.136. The second-order valence-corrected chi connectivity index (χ2v) is 9.95. The Kier molecular flexibility index (Phi) is 12.5. The fraction of sp³-hybridized carbons (Fsp3) is 0.714. The third-order valence-corrected chi connectivity index (χ3v) is 7.04. The molecule has 5 nitrogen and oxygen atoms in total. The van der Waals surface area contributed by atoms with Crippen molar-refractivity contribution in [2.45, 2.75) is 115 Å². The molecule has 1 aliphatic heterocycles. The predicted molar refractivity (Wildman–Crippen MR) is 137 cm³/mol. The lowest BCUT2D eigenvalue weighted by Gasteiger charge is -2.36. The Morgan fingerprint density at radius 1 is 0.970 bits per heavy atom. The number of amides is 2. The summed E-state index contributed by atoms with van der Waals surface area (Å²) in [5.41, 5.74) is 6.05. The molecule has 0 spiro atoms. The summed E-state index contributed by atoms with van der Waals surface area (Å²) in [5, 5.41) is 3.03. The van der Waals surface area contributed by atoms with Gasteiger partial charge in [0.05, 0.1) is 0 Å². The van der Waals surface area contributed by atoms with Crippen molar-refractivity contribution in [1.82, 2.24) is 10.2 Å². The normalized spacial score (nSPS) is 18.0. The highest BCUT2D eigenvalue weighted by atomic mass is 16.2. The van der Waals surface area contributed by atoms with Crippen LogP contribution >= 0.6 is 0 Å². The van der Waals surface area contributed by atoms with Gasteiger partial charge in [-0.2, -0.15) is 0 Å². The third kappa shape index (κ3) is 9.48. The molecule has 0 radical (unpaired) electrons. The lowest BCUT2D eigenvalue weighted by atomic mass is 9.92. The maximum absolute atomic E-state index is 12.9. The average molecular weight is 458 g/mol. The number of likely N-dealkylation sites (tertiary alicyclic amines) is 1. The number of hydrogen-bond acceptors (Lipinski definition) is 3. The molecule has 33 heavy (non-hydrogen) atoms. The number of carbonyl (C=O) groups excluding carboxylic acids is 2. The quantitative estimate of drug-likeness (QED) is 0.333. The number of nitrogens with one attached hydrogen (secondary N) is 1. The van der Waals surface area contributed by atoms with Crippen molar-refractivity contribution in [2.75, 3.05) is 13.1 Å². The van der Waals surface area contributed by atoms with Gasteiger partial charge in [-0.3, -0.25) is 9.59 Å². The third-order valence-electron chi connectivity index (χ3n) is 7.04. The summed E-state index contributed by atoms with van der Waals surface area (Å²) in [6, 6.07) is 9.53. The molecule has 2 rings (SSSR count). The van der Waals surface area contributed by atoms with Crippen molar-refractivity contribution in [1.29, 1.82) is 0 Å². The van der Waals surface area contributed by atoms with Gasteiger partial charge in [-0.15, -0.1) is 0 Å². The van der Waals surface area contributed by atoms with E-state index in [1.165, 1.54) is 51.4 Å². The summed E-state index contributed by atoms with van der Waals surface area (Å²) < 4.78 is 0. The van der Waals surface area contributed by atoms with Crippen molar-refractivity contribution in [3.8, 4) is 0 Å². The number of benzene rings is 1. The van der Waals surface area contributed by atoms with Gasteiger partial charge in [-0.1, -0.05) is 95.0 Å². The highest BCUT2D eigenvalue weighted by molar-refractivity contribution is 5.87. The summed E-state index contributed by atoms with van der Waals surface area (Å²) in [6.45, 7) is 5.27. The Morgan fingerprint density at radius 2 is 1.58 bits per heavy atom. The van der Waals surface area contributed by atoms with E-state index in [0.29, 0.717) is 13.0 Å². The van der Waals surface area contributed by atoms with Crippen LogP contribution in [0.1, 0.15) is 109 Å². The first kappa shape index (κ1) is 27.4. The van der Waals surface area contributed by atoms with E-state index >= 15 is 0 Å². The van der Waals surface area contributed by atoms with E-state index in [4.69, 9.17) is 5.73 Å². The number of unbranched alkanes of at least 4 members (excludes halogenated alkanes) is 9. The van der Waals surface area contributed by atoms with Crippen LogP contribution in [-0.2, 0) is 15.1 Å². The van der Waals surface area contributed by atoms with Crippen LogP contribution in [0.3, 0.4) is 0 Å². The largest absolute Gasteiger partial charge is 0.352 e. The van der Waals surface area contributed by atoms with Crippen molar-refractivity contribution in [3.63, 3.8) is 0 Å². The first-order valence-corrected chi connectivity index (χ1v) is 13.4. The summed E-state index contributed by atoms with van der Waals surface area (Å²) in [6.07, 6.45) is 16.4. The van der Waals surface area contributed by atoms with Gasteiger partial charge in [-0.05, 0) is 38.2 Å². The van der Waals surface area contributed by atoms with E-state index in [-0.39, 0.29) is 17.9 Å². The van der Waals surface area contributed by atoms with Gasteiger partial charge in [0.15, 0.2) is 0 Å².